The molecule has 0 saturated carbocycles. The van der Waals surface area contributed by atoms with Crippen molar-refractivity contribution >= 4 is 23.9 Å². The molecule has 0 spiro atoms. The van der Waals surface area contributed by atoms with Gasteiger partial charge in [-0.25, -0.2) is 0 Å². The summed E-state index contributed by atoms with van der Waals surface area (Å²) in [6, 6.07) is 0. The van der Waals surface area contributed by atoms with Crippen LogP contribution in [0.15, 0.2) is 0 Å². The second-order valence-electron chi connectivity index (χ2n) is 0.408. The van der Waals surface area contributed by atoms with Crippen LogP contribution < -0.4 is 0 Å². The Bertz CT molecular complexity index is 92.9. The van der Waals surface area contributed by atoms with Gasteiger partial charge in [0.1, 0.15) is 0 Å². The summed E-state index contributed by atoms with van der Waals surface area (Å²) < 4.78 is 34.1. The van der Waals surface area contributed by atoms with E-state index in [0.29, 0.717) is 0 Å². The average molecular weight is 243 g/mol. The fraction of sp³-hybridized carbons (Fsp3) is 0. The van der Waals surface area contributed by atoms with Crippen LogP contribution in [-0.4, -0.2) is 17.5 Å². The third kappa shape index (κ3) is 145. The zero-order valence-corrected chi connectivity index (χ0v) is 9.10. The van der Waals surface area contributed by atoms with Gasteiger partial charge in [0, 0.05) is 10.4 Å². The van der Waals surface area contributed by atoms with Crippen molar-refractivity contribution < 1.29 is 44.8 Å². The maximum atomic E-state index is 8.52. The third-order valence-electron chi connectivity index (χ3n) is 0. The van der Waals surface area contributed by atoms with E-state index in [1.807, 2.05) is 0 Å². The van der Waals surface area contributed by atoms with Crippen LogP contribution in [0.3, 0.4) is 0 Å². The first kappa shape index (κ1) is 15.7. The fourth-order valence-corrected chi connectivity index (χ4v) is 0. The largest absolute Gasteiger partial charge is 2.00 e. The Morgan fingerprint density at radius 1 is 1.14 bits per heavy atom. The normalized spacial score (nSPS) is 8.29. The van der Waals surface area contributed by atoms with Gasteiger partial charge >= 0.3 is 27.3 Å². The molecule has 0 atom stereocenters. The number of rotatable bonds is 0. The van der Waals surface area contributed by atoms with E-state index in [4.69, 9.17) is 17.5 Å². The van der Waals surface area contributed by atoms with E-state index in [1.54, 1.807) is 0 Å². The fourth-order valence-electron chi connectivity index (χ4n) is 0. The molecule has 0 bridgehead atoms. The second-order valence-corrected chi connectivity index (χ2v) is 1.22. The van der Waals surface area contributed by atoms with Gasteiger partial charge in [-0.3, -0.25) is 8.42 Å². The first-order chi connectivity index (χ1) is 2.00. The zero-order valence-electron chi connectivity index (χ0n) is 3.25. The summed E-state index contributed by atoms with van der Waals surface area (Å²) in [6.45, 7) is 0. The summed E-state index contributed by atoms with van der Waals surface area (Å²) in [5.41, 5.74) is 0. The Balaban J connectivity index is -0.0000000800. The maximum absolute atomic E-state index is 8.52. The van der Waals surface area contributed by atoms with Crippen LogP contribution in [0.4, 0.5) is 0 Å². The summed E-state index contributed by atoms with van der Waals surface area (Å²) in [6.07, 6.45) is 0. The van der Waals surface area contributed by atoms with Crippen molar-refractivity contribution in [1.29, 1.82) is 0 Å². The Labute approximate surface area is 68.5 Å². The van der Waals surface area contributed by atoms with Gasteiger partial charge in [0.25, 0.3) is 0 Å². The number of hydrogen-bond acceptors (Lipinski definition) is 4. The minimum Gasteiger partial charge on any atom is -0.759 e. The van der Waals surface area contributed by atoms with Gasteiger partial charge in [-0.05, 0) is 0 Å². The van der Waals surface area contributed by atoms with Gasteiger partial charge in [0.05, 0.1) is 0 Å². The zero-order chi connectivity index (χ0) is 4.50. The van der Waals surface area contributed by atoms with E-state index in [-0.39, 0.29) is 40.8 Å². The first-order valence-electron chi connectivity index (χ1n) is 0.667. The van der Waals surface area contributed by atoms with E-state index < -0.39 is 10.4 Å². The molecule has 0 aromatic rings. The third-order valence-corrected chi connectivity index (χ3v) is 0. The predicted molar refractivity (Wildman–Crippen MR) is 20.9 cm³/mol. The standard InChI is InChI=1S/Cd.H2O4S.H2S/c;1-5(2,3)4;/h;(H2,1,2,3,4);1H2/q+2;;/p-2. The Morgan fingerprint density at radius 3 is 1.14 bits per heavy atom. The molecule has 0 amide bonds. The van der Waals surface area contributed by atoms with Crippen molar-refractivity contribution in [2.24, 2.45) is 0 Å². The average Bonchev–Trinajstić information content (AvgIpc) is 0.722. The molecule has 7 heteroatoms. The molecule has 0 fully saturated rings. The SMILES string of the molecule is O=S(=O)([O-])[O-].S.[Cd+2]. The van der Waals surface area contributed by atoms with Crippen LogP contribution in [0.25, 0.3) is 0 Å². The van der Waals surface area contributed by atoms with Crippen LogP contribution in [0, 0.1) is 0 Å². The van der Waals surface area contributed by atoms with Gasteiger partial charge in [-0.15, -0.1) is 0 Å². The molecule has 0 aliphatic carbocycles. The molecule has 0 radical (unpaired) electrons. The molecule has 7 heavy (non-hydrogen) atoms. The molecule has 40 valence electrons. The second kappa shape index (κ2) is 5.28. The Morgan fingerprint density at radius 2 is 1.14 bits per heavy atom. The van der Waals surface area contributed by atoms with Crippen LogP contribution >= 0.6 is 13.5 Å². The topological polar surface area (TPSA) is 80.3 Å². The van der Waals surface area contributed by atoms with Crippen molar-refractivity contribution in [2.45, 2.75) is 0 Å². The molecule has 0 heterocycles. The smallest absolute Gasteiger partial charge is 0.759 e. The van der Waals surface area contributed by atoms with Crippen LogP contribution in [0.5, 0.6) is 0 Å². The minimum absolute atomic E-state index is 0. The van der Waals surface area contributed by atoms with E-state index in [0.717, 1.165) is 0 Å². The molecule has 0 rings (SSSR count). The Kier molecular flexibility index (Phi) is 11.9. The quantitative estimate of drug-likeness (QED) is 0.303. The van der Waals surface area contributed by atoms with Crippen molar-refractivity contribution in [1.82, 2.24) is 0 Å². The molecule has 0 aliphatic rings. The summed E-state index contributed by atoms with van der Waals surface area (Å²) >= 11 is 0. The molecule has 0 aromatic carbocycles. The van der Waals surface area contributed by atoms with Gasteiger partial charge < -0.3 is 9.11 Å². The van der Waals surface area contributed by atoms with Crippen LogP contribution in [0.2, 0.25) is 0 Å². The van der Waals surface area contributed by atoms with Crippen LogP contribution in [0.1, 0.15) is 0 Å². The van der Waals surface area contributed by atoms with Crippen molar-refractivity contribution in [2.75, 3.05) is 0 Å². The van der Waals surface area contributed by atoms with E-state index in [1.165, 1.54) is 0 Å². The van der Waals surface area contributed by atoms with Crippen molar-refractivity contribution in [3.05, 3.63) is 0 Å². The van der Waals surface area contributed by atoms with Gasteiger partial charge in [0.2, 0.25) is 0 Å². The molecule has 4 nitrogen and oxygen atoms in total. The first-order valence-corrected chi connectivity index (χ1v) is 2.00. The van der Waals surface area contributed by atoms with E-state index >= 15 is 0 Å². The molecular weight excluding hydrogens is 241 g/mol. The molecule has 0 aliphatic heterocycles. The monoisotopic (exact) mass is 244 g/mol. The summed E-state index contributed by atoms with van der Waals surface area (Å²) in [7, 11) is -5.17. The molecule has 0 unspecified atom stereocenters. The summed E-state index contributed by atoms with van der Waals surface area (Å²) in [4.78, 5) is 0. The van der Waals surface area contributed by atoms with Gasteiger partial charge in [-0.2, -0.15) is 13.5 Å². The van der Waals surface area contributed by atoms with Gasteiger partial charge in [0.15, 0.2) is 0 Å². The molecule has 0 saturated heterocycles. The van der Waals surface area contributed by atoms with E-state index in [2.05, 4.69) is 0 Å². The minimum atomic E-state index is -5.17. The predicted octanol–water partition coefficient (Wildman–Crippen LogP) is -1.23. The Hall–Kier alpha value is 1.14. The number of hydrogen-bond donors (Lipinski definition) is 0. The molecule has 0 aromatic heterocycles. The molecule has 0 N–H and O–H groups in total. The maximum Gasteiger partial charge on any atom is 2.00 e. The summed E-state index contributed by atoms with van der Waals surface area (Å²) in [5, 5.41) is 0. The molecular formula is H2CdO4S2. The van der Waals surface area contributed by atoms with Crippen molar-refractivity contribution in [3.8, 4) is 0 Å². The summed E-state index contributed by atoms with van der Waals surface area (Å²) in [5.74, 6) is 0. The van der Waals surface area contributed by atoms with E-state index in [9.17, 15) is 0 Å². The van der Waals surface area contributed by atoms with Gasteiger partial charge in [-0.1, -0.05) is 0 Å². The van der Waals surface area contributed by atoms with Crippen molar-refractivity contribution in [3.63, 3.8) is 0 Å². The van der Waals surface area contributed by atoms with Crippen LogP contribution in [-0.2, 0) is 37.7 Å².